The Labute approximate surface area is 128 Å². The molecule has 0 unspecified atom stereocenters. The quantitative estimate of drug-likeness (QED) is 0.795. The molecule has 0 atom stereocenters. The molecule has 3 aromatic rings. The summed E-state index contributed by atoms with van der Waals surface area (Å²) in [5, 5.41) is 9.22. The van der Waals surface area contributed by atoms with Crippen LogP contribution < -0.4 is 0 Å². The van der Waals surface area contributed by atoms with Gasteiger partial charge in [-0.1, -0.05) is 49.4 Å². The van der Waals surface area contributed by atoms with Gasteiger partial charge in [-0.3, -0.25) is 4.57 Å². The molecule has 0 fully saturated rings. The van der Waals surface area contributed by atoms with Crippen LogP contribution in [-0.2, 0) is 6.42 Å². The first-order chi connectivity index (χ1) is 10.7. The Kier molecular flexibility index (Phi) is 3.74. The highest BCUT2D eigenvalue weighted by Gasteiger charge is 2.15. The Morgan fingerprint density at radius 1 is 1.09 bits per heavy atom. The maximum absolute atomic E-state index is 11.3. The first-order valence-electron chi connectivity index (χ1n) is 7.16. The van der Waals surface area contributed by atoms with Crippen LogP contribution in [-0.4, -0.2) is 20.6 Å². The summed E-state index contributed by atoms with van der Waals surface area (Å²) in [7, 11) is 0. The molecule has 4 heteroatoms. The lowest BCUT2D eigenvalue weighted by atomic mass is 10.1. The van der Waals surface area contributed by atoms with Gasteiger partial charge in [0.1, 0.15) is 5.82 Å². The molecule has 0 aliphatic carbocycles. The monoisotopic (exact) mass is 292 g/mol. The predicted octanol–water partition coefficient (Wildman–Crippen LogP) is 3.80. The third kappa shape index (κ3) is 2.63. The summed E-state index contributed by atoms with van der Waals surface area (Å²) in [5.41, 5.74) is 3.06. The second-order valence-corrected chi connectivity index (χ2v) is 5.01. The van der Waals surface area contributed by atoms with E-state index in [9.17, 15) is 9.90 Å². The van der Waals surface area contributed by atoms with Gasteiger partial charge in [-0.05, 0) is 24.1 Å². The molecule has 3 rings (SSSR count). The number of carboxylic acid groups (broad SMARTS) is 1. The fraction of sp³-hybridized carbons (Fsp3) is 0.111. The molecule has 22 heavy (non-hydrogen) atoms. The van der Waals surface area contributed by atoms with E-state index in [2.05, 4.69) is 11.9 Å². The zero-order chi connectivity index (χ0) is 15.5. The van der Waals surface area contributed by atoms with Crippen LogP contribution in [0.3, 0.4) is 0 Å². The van der Waals surface area contributed by atoms with Crippen LogP contribution in [0.1, 0.15) is 23.0 Å². The van der Waals surface area contributed by atoms with Gasteiger partial charge in [-0.2, -0.15) is 0 Å². The fourth-order valence-electron chi connectivity index (χ4n) is 2.36. The number of aryl methyl sites for hydroxylation is 1. The minimum absolute atomic E-state index is 0.0402. The van der Waals surface area contributed by atoms with E-state index in [0.29, 0.717) is 5.82 Å². The normalized spacial score (nSPS) is 10.6. The summed E-state index contributed by atoms with van der Waals surface area (Å²) in [5.74, 6) is -0.400. The Balaban J connectivity index is 2.14. The van der Waals surface area contributed by atoms with Crippen molar-refractivity contribution in [2.45, 2.75) is 13.3 Å². The second-order valence-electron chi connectivity index (χ2n) is 5.01. The fourth-order valence-corrected chi connectivity index (χ4v) is 2.36. The maximum atomic E-state index is 11.3. The molecule has 0 spiro atoms. The van der Waals surface area contributed by atoms with E-state index in [1.165, 1.54) is 5.56 Å². The molecule has 2 aromatic carbocycles. The van der Waals surface area contributed by atoms with Crippen molar-refractivity contribution >= 4 is 5.97 Å². The van der Waals surface area contributed by atoms with Crippen molar-refractivity contribution in [3.8, 4) is 17.1 Å². The average Bonchev–Trinajstić information content (AvgIpc) is 3.01. The van der Waals surface area contributed by atoms with Gasteiger partial charge in [-0.25, -0.2) is 9.78 Å². The van der Waals surface area contributed by atoms with Crippen LogP contribution in [0.2, 0.25) is 0 Å². The summed E-state index contributed by atoms with van der Waals surface area (Å²) in [6, 6.07) is 17.6. The minimum atomic E-state index is -1.03. The average molecular weight is 292 g/mol. The molecular formula is C18H16N2O2. The van der Waals surface area contributed by atoms with Crippen LogP contribution in [0.5, 0.6) is 0 Å². The molecule has 0 aliphatic rings. The Morgan fingerprint density at radius 3 is 2.36 bits per heavy atom. The SMILES string of the molecule is CCc1ccc(-n2cc(C(=O)O)nc2-c2ccccc2)cc1. The number of benzene rings is 2. The van der Waals surface area contributed by atoms with Crippen molar-refractivity contribution in [1.29, 1.82) is 0 Å². The number of nitrogens with zero attached hydrogens (tertiary/aromatic N) is 2. The minimum Gasteiger partial charge on any atom is -0.476 e. The number of aromatic carboxylic acids is 1. The zero-order valence-corrected chi connectivity index (χ0v) is 12.2. The Morgan fingerprint density at radius 2 is 1.77 bits per heavy atom. The van der Waals surface area contributed by atoms with Gasteiger partial charge in [0, 0.05) is 17.4 Å². The molecule has 4 nitrogen and oxygen atoms in total. The number of rotatable bonds is 4. The van der Waals surface area contributed by atoms with E-state index in [-0.39, 0.29) is 5.69 Å². The molecule has 0 radical (unpaired) electrons. The molecule has 0 aliphatic heterocycles. The van der Waals surface area contributed by atoms with Crippen molar-refractivity contribution < 1.29 is 9.90 Å². The van der Waals surface area contributed by atoms with Gasteiger partial charge in [0.15, 0.2) is 5.69 Å². The highest BCUT2D eigenvalue weighted by molar-refractivity contribution is 5.86. The first kappa shape index (κ1) is 14.1. The lowest BCUT2D eigenvalue weighted by molar-refractivity contribution is 0.0691. The van der Waals surface area contributed by atoms with Crippen LogP contribution in [0.4, 0.5) is 0 Å². The molecule has 110 valence electrons. The molecule has 0 bridgehead atoms. The topological polar surface area (TPSA) is 55.1 Å². The summed E-state index contributed by atoms with van der Waals surface area (Å²) in [6.45, 7) is 2.10. The van der Waals surface area contributed by atoms with Crippen LogP contribution in [0.25, 0.3) is 17.1 Å². The molecular weight excluding hydrogens is 276 g/mol. The number of hydrogen-bond acceptors (Lipinski definition) is 2. The number of imidazole rings is 1. The van der Waals surface area contributed by atoms with Crippen molar-refractivity contribution in [2.75, 3.05) is 0 Å². The van der Waals surface area contributed by atoms with E-state index < -0.39 is 5.97 Å². The lowest BCUT2D eigenvalue weighted by Gasteiger charge is -2.08. The summed E-state index contributed by atoms with van der Waals surface area (Å²) >= 11 is 0. The van der Waals surface area contributed by atoms with Gasteiger partial charge in [-0.15, -0.1) is 0 Å². The van der Waals surface area contributed by atoms with Crippen molar-refractivity contribution in [3.63, 3.8) is 0 Å². The van der Waals surface area contributed by atoms with Gasteiger partial charge in [0.05, 0.1) is 0 Å². The predicted molar refractivity (Wildman–Crippen MR) is 85.3 cm³/mol. The molecule has 0 saturated heterocycles. The van der Waals surface area contributed by atoms with Crippen LogP contribution in [0.15, 0.2) is 60.8 Å². The van der Waals surface area contributed by atoms with E-state index in [1.807, 2.05) is 59.2 Å². The van der Waals surface area contributed by atoms with Gasteiger partial charge < -0.3 is 5.11 Å². The molecule has 1 aromatic heterocycles. The smallest absolute Gasteiger partial charge is 0.356 e. The third-order valence-corrected chi connectivity index (χ3v) is 3.58. The van der Waals surface area contributed by atoms with Crippen molar-refractivity contribution in [2.24, 2.45) is 0 Å². The number of carbonyl (C=O) groups is 1. The standard InChI is InChI=1S/C18H16N2O2/c1-2-13-8-10-15(11-9-13)20-12-16(18(21)22)19-17(20)14-6-4-3-5-7-14/h3-12H,2H2,1H3,(H,21,22). The largest absolute Gasteiger partial charge is 0.476 e. The third-order valence-electron chi connectivity index (χ3n) is 3.58. The second kappa shape index (κ2) is 5.85. The summed E-state index contributed by atoms with van der Waals surface area (Å²) in [4.78, 5) is 15.5. The number of carboxylic acids is 1. The highest BCUT2D eigenvalue weighted by atomic mass is 16.4. The number of aromatic nitrogens is 2. The highest BCUT2D eigenvalue weighted by Crippen LogP contribution is 2.23. The van der Waals surface area contributed by atoms with Gasteiger partial charge >= 0.3 is 5.97 Å². The van der Waals surface area contributed by atoms with Gasteiger partial charge in [0.25, 0.3) is 0 Å². The maximum Gasteiger partial charge on any atom is 0.356 e. The molecule has 1 N–H and O–H groups in total. The number of hydrogen-bond donors (Lipinski definition) is 1. The lowest BCUT2D eigenvalue weighted by Crippen LogP contribution is -1.96. The van der Waals surface area contributed by atoms with E-state index in [1.54, 1.807) is 6.20 Å². The van der Waals surface area contributed by atoms with E-state index in [4.69, 9.17) is 0 Å². The molecule has 0 saturated carbocycles. The van der Waals surface area contributed by atoms with Crippen LogP contribution >= 0.6 is 0 Å². The summed E-state index contributed by atoms with van der Waals surface area (Å²) < 4.78 is 1.82. The Bertz CT molecular complexity index is 790. The Hall–Kier alpha value is -2.88. The first-order valence-corrected chi connectivity index (χ1v) is 7.16. The van der Waals surface area contributed by atoms with Crippen LogP contribution in [0, 0.1) is 0 Å². The van der Waals surface area contributed by atoms with Gasteiger partial charge in [0.2, 0.25) is 0 Å². The van der Waals surface area contributed by atoms with Crippen molar-refractivity contribution in [1.82, 2.24) is 9.55 Å². The van der Waals surface area contributed by atoms with Crippen molar-refractivity contribution in [3.05, 3.63) is 72.1 Å². The summed E-state index contributed by atoms with van der Waals surface area (Å²) in [6.07, 6.45) is 2.53. The van der Waals surface area contributed by atoms with E-state index >= 15 is 0 Å². The molecule has 0 amide bonds. The van der Waals surface area contributed by atoms with E-state index in [0.717, 1.165) is 17.7 Å². The zero-order valence-electron chi connectivity index (χ0n) is 12.2. The molecule has 1 heterocycles.